The minimum atomic E-state index is -0.380. The summed E-state index contributed by atoms with van der Waals surface area (Å²) in [7, 11) is 2.89. The van der Waals surface area contributed by atoms with Crippen molar-refractivity contribution in [1.82, 2.24) is 0 Å². The molecule has 0 radical (unpaired) electrons. The zero-order valence-electron chi connectivity index (χ0n) is 9.05. The van der Waals surface area contributed by atoms with Crippen molar-refractivity contribution in [1.29, 1.82) is 0 Å². The molecule has 0 aliphatic heterocycles. The van der Waals surface area contributed by atoms with Gasteiger partial charge in [0.2, 0.25) is 0 Å². The van der Waals surface area contributed by atoms with Crippen molar-refractivity contribution in [3.05, 3.63) is 27.7 Å². The van der Waals surface area contributed by atoms with Gasteiger partial charge in [-0.15, -0.1) is 0 Å². The number of carbonyl (C=O) groups excluding carboxylic acids is 1. The summed E-state index contributed by atoms with van der Waals surface area (Å²) >= 11 is 6.70. The molecule has 0 bridgehead atoms. The van der Waals surface area contributed by atoms with Crippen LogP contribution in [0.4, 0.5) is 0 Å². The highest BCUT2D eigenvalue weighted by atomic mass is 79.9. The van der Waals surface area contributed by atoms with Gasteiger partial charge < -0.3 is 9.47 Å². The number of alkyl halides is 1. The summed E-state index contributed by atoms with van der Waals surface area (Å²) in [5.41, 5.74) is 1.39. The van der Waals surface area contributed by atoms with Gasteiger partial charge in [-0.05, 0) is 34.0 Å². The topological polar surface area (TPSA) is 35.5 Å². The maximum atomic E-state index is 11.7. The molecule has 0 N–H and O–H groups in total. The molecular weight excluding hydrogens is 340 g/mol. The molecule has 0 atom stereocenters. The molecule has 0 saturated carbocycles. The Hall–Kier alpha value is -0.550. The van der Waals surface area contributed by atoms with Gasteiger partial charge in [-0.1, -0.05) is 22.0 Å². The predicted molar refractivity (Wildman–Crippen MR) is 69.5 cm³/mol. The summed E-state index contributed by atoms with van der Waals surface area (Å²) in [4.78, 5) is 11.7. The van der Waals surface area contributed by atoms with Crippen molar-refractivity contribution < 1.29 is 14.3 Å². The monoisotopic (exact) mass is 350 g/mol. The van der Waals surface area contributed by atoms with Crippen molar-refractivity contribution in [2.24, 2.45) is 0 Å². The quantitative estimate of drug-likeness (QED) is 0.617. The number of aryl methyl sites for hydroxylation is 1. The first-order valence-electron chi connectivity index (χ1n) is 4.65. The number of ether oxygens (including phenoxy) is 2. The summed E-state index contributed by atoms with van der Waals surface area (Å²) in [6.45, 7) is 0. The Labute approximate surface area is 111 Å². The summed E-state index contributed by atoms with van der Waals surface area (Å²) in [6.07, 6.45) is 0.744. The van der Waals surface area contributed by atoms with E-state index in [4.69, 9.17) is 9.47 Å². The van der Waals surface area contributed by atoms with Crippen LogP contribution in [0, 0.1) is 0 Å². The summed E-state index contributed by atoms with van der Waals surface area (Å²) in [5, 5.41) is 0.780. The number of methoxy groups -OCH3 is 2. The van der Waals surface area contributed by atoms with Crippen LogP contribution in [0.15, 0.2) is 16.6 Å². The first kappa shape index (κ1) is 13.5. The molecule has 0 aliphatic rings. The highest BCUT2D eigenvalue weighted by Crippen LogP contribution is 2.32. The Morgan fingerprint density at radius 1 is 1.38 bits per heavy atom. The van der Waals surface area contributed by atoms with Crippen molar-refractivity contribution >= 4 is 37.8 Å². The van der Waals surface area contributed by atoms with Gasteiger partial charge in [0.05, 0.1) is 18.7 Å². The number of esters is 1. The number of hydrogen-bond acceptors (Lipinski definition) is 3. The Morgan fingerprint density at radius 2 is 2.06 bits per heavy atom. The lowest BCUT2D eigenvalue weighted by atomic mass is 10.0. The first-order valence-corrected chi connectivity index (χ1v) is 6.56. The van der Waals surface area contributed by atoms with E-state index in [-0.39, 0.29) is 5.97 Å². The standard InChI is InChI=1S/C11H12Br2O3/c1-15-10-8(13)4-3-7(5-6-12)9(10)11(14)16-2/h3-4H,5-6H2,1-2H3. The molecule has 0 heterocycles. The second kappa shape index (κ2) is 6.25. The van der Waals surface area contributed by atoms with E-state index in [0.29, 0.717) is 11.3 Å². The van der Waals surface area contributed by atoms with Crippen LogP contribution in [0.25, 0.3) is 0 Å². The average molecular weight is 352 g/mol. The second-order valence-electron chi connectivity index (χ2n) is 3.05. The molecule has 1 aromatic rings. The van der Waals surface area contributed by atoms with Crippen LogP contribution in [-0.2, 0) is 11.2 Å². The number of halogens is 2. The predicted octanol–water partition coefficient (Wildman–Crippen LogP) is 3.18. The fourth-order valence-corrected chi connectivity index (χ4v) is 2.35. The highest BCUT2D eigenvalue weighted by Gasteiger charge is 2.19. The van der Waals surface area contributed by atoms with E-state index < -0.39 is 0 Å². The Balaban J connectivity index is 3.34. The third-order valence-corrected chi connectivity index (χ3v) is 3.17. The van der Waals surface area contributed by atoms with Gasteiger partial charge in [0.25, 0.3) is 0 Å². The van der Waals surface area contributed by atoms with Gasteiger partial charge in [0.1, 0.15) is 11.3 Å². The molecule has 0 aliphatic carbocycles. The maximum Gasteiger partial charge on any atom is 0.341 e. The molecule has 0 amide bonds. The van der Waals surface area contributed by atoms with Gasteiger partial charge in [-0.3, -0.25) is 0 Å². The summed E-state index contributed by atoms with van der Waals surface area (Å²) in [6, 6.07) is 3.75. The van der Waals surface area contributed by atoms with E-state index >= 15 is 0 Å². The Kier molecular flexibility index (Phi) is 5.28. The molecule has 88 valence electrons. The molecule has 16 heavy (non-hydrogen) atoms. The number of carbonyl (C=O) groups is 1. The van der Waals surface area contributed by atoms with Crippen molar-refractivity contribution in [2.75, 3.05) is 19.5 Å². The van der Waals surface area contributed by atoms with Gasteiger partial charge in [0.15, 0.2) is 0 Å². The van der Waals surface area contributed by atoms with Crippen molar-refractivity contribution in [3.8, 4) is 5.75 Å². The van der Waals surface area contributed by atoms with E-state index in [2.05, 4.69) is 31.9 Å². The molecule has 0 aromatic heterocycles. The SMILES string of the molecule is COC(=O)c1c(CCBr)ccc(Br)c1OC. The zero-order valence-corrected chi connectivity index (χ0v) is 12.2. The van der Waals surface area contributed by atoms with Crippen molar-refractivity contribution in [3.63, 3.8) is 0 Å². The summed E-state index contributed by atoms with van der Waals surface area (Å²) in [5.74, 6) is 0.138. The molecule has 0 unspecified atom stereocenters. The lowest BCUT2D eigenvalue weighted by molar-refractivity contribution is 0.0595. The summed E-state index contributed by atoms with van der Waals surface area (Å²) < 4.78 is 10.7. The van der Waals surface area contributed by atoms with Crippen LogP contribution in [-0.4, -0.2) is 25.5 Å². The van der Waals surface area contributed by atoms with Crippen LogP contribution >= 0.6 is 31.9 Å². The normalized spacial score (nSPS) is 10.0. The Bertz CT molecular complexity index is 391. The van der Waals surface area contributed by atoms with E-state index in [1.807, 2.05) is 12.1 Å². The second-order valence-corrected chi connectivity index (χ2v) is 4.69. The van der Waals surface area contributed by atoms with Gasteiger partial charge in [-0.2, -0.15) is 0 Å². The molecule has 5 heteroatoms. The molecular formula is C11H12Br2O3. The van der Waals surface area contributed by atoms with Gasteiger partial charge in [-0.25, -0.2) is 4.79 Å². The molecule has 3 nitrogen and oxygen atoms in total. The van der Waals surface area contributed by atoms with E-state index in [0.717, 1.165) is 21.8 Å². The first-order chi connectivity index (χ1) is 7.65. The maximum absolute atomic E-state index is 11.7. The minimum absolute atomic E-state index is 0.380. The molecule has 1 rings (SSSR count). The lowest BCUT2D eigenvalue weighted by Gasteiger charge is -2.13. The van der Waals surface area contributed by atoms with Crippen LogP contribution < -0.4 is 4.74 Å². The van der Waals surface area contributed by atoms with Crippen LogP contribution in [0.2, 0.25) is 0 Å². The number of hydrogen-bond donors (Lipinski definition) is 0. The van der Waals surface area contributed by atoms with E-state index in [9.17, 15) is 4.79 Å². The van der Waals surface area contributed by atoms with E-state index in [1.165, 1.54) is 14.2 Å². The minimum Gasteiger partial charge on any atom is -0.495 e. The lowest BCUT2D eigenvalue weighted by Crippen LogP contribution is -2.09. The van der Waals surface area contributed by atoms with Gasteiger partial charge >= 0.3 is 5.97 Å². The average Bonchev–Trinajstić information content (AvgIpc) is 2.30. The largest absolute Gasteiger partial charge is 0.495 e. The number of benzene rings is 1. The molecule has 0 spiro atoms. The molecule has 0 fully saturated rings. The number of rotatable bonds is 4. The third-order valence-electron chi connectivity index (χ3n) is 2.15. The fraction of sp³-hybridized carbons (Fsp3) is 0.364. The zero-order chi connectivity index (χ0) is 12.1. The van der Waals surface area contributed by atoms with Crippen LogP contribution in [0.1, 0.15) is 15.9 Å². The van der Waals surface area contributed by atoms with Gasteiger partial charge in [0, 0.05) is 5.33 Å². The third kappa shape index (κ3) is 2.77. The molecule has 0 saturated heterocycles. The smallest absolute Gasteiger partial charge is 0.341 e. The van der Waals surface area contributed by atoms with Crippen molar-refractivity contribution in [2.45, 2.75) is 6.42 Å². The molecule has 1 aromatic carbocycles. The van der Waals surface area contributed by atoms with Crippen LogP contribution in [0.5, 0.6) is 5.75 Å². The highest BCUT2D eigenvalue weighted by molar-refractivity contribution is 9.10. The van der Waals surface area contributed by atoms with Crippen LogP contribution in [0.3, 0.4) is 0 Å². The fourth-order valence-electron chi connectivity index (χ4n) is 1.43. The van der Waals surface area contributed by atoms with E-state index in [1.54, 1.807) is 0 Å². The Morgan fingerprint density at radius 3 is 2.56 bits per heavy atom.